The Morgan fingerprint density at radius 1 is 1.24 bits per heavy atom. The number of rotatable bonds is 5. The number of ether oxygens (including phenoxy) is 1. The Labute approximate surface area is 123 Å². The van der Waals surface area contributed by atoms with E-state index < -0.39 is 0 Å². The molecule has 0 unspecified atom stereocenters. The van der Waals surface area contributed by atoms with E-state index in [1.165, 1.54) is 0 Å². The molecule has 0 saturated carbocycles. The highest BCUT2D eigenvalue weighted by Gasteiger charge is 2.04. The Balaban J connectivity index is 1.94. The summed E-state index contributed by atoms with van der Waals surface area (Å²) in [5.41, 5.74) is 7.80. The van der Waals surface area contributed by atoms with Crippen LogP contribution >= 0.6 is 0 Å². The third kappa shape index (κ3) is 4.47. The van der Waals surface area contributed by atoms with Crippen LogP contribution in [0.1, 0.15) is 12.5 Å². The molecule has 0 saturated heterocycles. The van der Waals surface area contributed by atoms with Gasteiger partial charge >= 0.3 is 6.03 Å². The van der Waals surface area contributed by atoms with Crippen LogP contribution in [-0.4, -0.2) is 17.6 Å². The quantitative estimate of drug-likeness (QED) is 0.788. The van der Waals surface area contributed by atoms with Gasteiger partial charge in [-0.15, -0.1) is 0 Å². The molecule has 6 heteroatoms. The average Bonchev–Trinajstić information content (AvgIpc) is 2.49. The van der Waals surface area contributed by atoms with E-state index >= 15 is 0 Å². The van der Waals surface area contributed by atoms with Crippen molar-refractivity contribution in [3.63, 3.8) is 0 Å². The SMILES string of the molecule is CCOc1ccc(NC(=O)Nc2cccc(CN)c2)cn1. The van der Waals surface area contributed by atoms with Gasteiger partial charge in [0.15, 0.2) is 0 Å². The third-order valence-electron chi connectivity index (χ3n) is 2.71. The fourth-order valence-electron chi connectivity index (χ4n) is 1.76. The first-order valence-corrected chi connectivity index (χ1v) is 6.67. The van der Waals surface area contributed by atoms with Crippen molar-refractivity contribution >= 4 is 17.4 Å². The van der Waals surface area contributed by atoms with Crippen LogP contribution in [-0.2, 0) is 6.54 Å². The molecular formula is C15H18N4O2. The summed E-state index contributed by atoms with van der Waals surface area (Å²) in [4.78, 5) is 16.0. The number of hydrogen-bond donors (Lipinski definition) is 3. The molecule has 6 nitrogen and oxygen atoms in total. The maximum Gasteiger partial charge on any atom is 0.323 e. The molecule has 2 amide bonds. The third-order valence-corrected chi connectivity index (χ3v) is 2.71. The number of aromatic nitrogens is 1. The number of nitrogens with two attached hydrogens (primary N) is 1. The molecule has 110 valence electrons. The van der Waals surface area contributed by atoms with Gasteiger partial charge in [-0.05, 0) is 30.7 Å². The van der Waals surface area contributed by atoms with Crippen molar-refractivity contribution in [2.45, 2.75) is 13.5 Å². The summed E-state index contributed by atoms with van der Waals surface area (Å²) in [5.74, 6) is 0.527. The number of hydrogen-bond acceptors (Lipinski definition) is 4. The lowest BCUT2D eigenvalue weighted by Gasteiger charge is -2.09. The molecule has 1 heterocycles. The van der Waals surface area contributed by atoms with E-state index in [-0.39, 0.29) is 6.03 Å². The van der Waals surface area contributed by atoms with Crippen molar-refractivity contribution in [2.24, 2.45) is 5.73 Å². The van der Waals surface area contributed by atoms with Crippen LogP contribution in [0.5, 0.6) is 5.88 Å². The molecule has 0 aliphatic rings. The minimum absolute atomic E-state index is 0.338. The zero-order chi connectivity index (χ0) is 15.1. The van der Waals surface area contributed by atoms with Gasteiger partial charge in [-0.1, -0.05) is 12.1 Å². The van der Waals surface area contributed by atoms with Crippen molar-refractivity contribution in [3.8, 4) is 5.88 Å². The first-order valence-electron chi connectivity index (χ1n) is 6.67. The molecule has 2 aromatic rings. The number of benzene rings is 1. The van der Waals surface area contributed by atoms with Crippen molar-refractivity contribution in [1.82, 2.24) is 4.98 Å². The van der Waals surface area contributed by atoms with Gasteiger partial charge in [0.25, 0.3) is 0 Å². The van der Waals surface area contributed by atoms with Crippen molar-refractivity contribution < 1.29 is 9.53 Å². The largest absolute Gasteiger partial charge is 0.478 e. The standard InChI is InChI=1S/C15H18N4O2/c1-2-21-14-7-6-13(10-17-14)19-15(20)18-12-5-3-4-11(8-12)9-16/h3-8,10H,2,9,16H2,1H3,(H2,18,19,20). The first kappa shape index (κ1) is 14.8. The normalized spacial score (nSPS) is 10.0. The summed E-state index contributed by atoms with van der Waals surface area (Å²) in [6.45, 7) is 2.87. The molecule has 0 fully saturated rings. The van der Waals surface area contributed by atoms with Crippen molar-refractivity contribution in [3.05, 3.63) is 48.2 Å². The van der Waals surface area contributed by atoms with Crippen molar-refractivity contribution in [2.75, 3.05) is 17.2 Å². The molecule has 0 spiro atoms. The fourth-order valence-corrected chi connectivity index (χ4v) is 1.76. The van der Waals surface area contributed by atoms with Gasteiger partial charge in [0.2, 0.25) is 5.88 Å². The second-order valence-corrected chi connectivity index (χ2v) is 4.30. The first-order chi connectivity index (χ1) is 10.2. The van der Waals surface area contributed by atoms with E-state index in [1.807, 2.05) is 25.1 Å². The number of nitrogens with zero attached hydrogens (tertiary/aromatic N) is 1. The lowest BCUT2D eigenvalue weighted by molar-refractivity contribution is 0.262. The summed E-state index contributed by atoms with van der Waals surface area (Å²) in [6.07, 6.45) is 1.54. The Kier molecular flexibility index (Phi) is 5.11. The van der Waals surface area contributed by atoms with Gasteiger partial charge in [0, 0.05) is 18.3 Å². The van der Waals surface area contributed by atoms with Gasteiger partial charge in [0.05, 0.1) is 18.5 Å². The highest BCUT2D eigenvalue weighted by molar-refractivity contribution is 5.99. The van der Waals surface area contributed by atoms with E-state index in [1.54, 1.807) is 24.4 Å². The van der Waals surface area contributed by atoms with Gasteiger partial charge in [0.1, 0.15) is 0 Å². The summed E-state index contributed by atoms with van der Waals surface area (Å²) in [5, 5.41) is 5.44. The molecule has 0 atom stereocenters. The van der Waals surface area contributed by atoms with E-state index in [4.69, 9.17) is 10.5 Å². The topological polar surface area (TPSA) is 89.3 Å². The molecular weight excluding hydrogens is 268 g/mol. The molecule has 1 aromatic carbocycles. The lowest BCUT2D eigenvalue weighted by Crippen LogP contribution is -2.19. The smallest absolute Gasteiger partial charge is 0.323 e. The van der Waals surface area contributed by atoms with Crippen LogP contribution in [0.15, 0.2) is 42.6 Å². The molecule has 1 aromatic heterocycles. The maximum atomic E-state index is 11.9. The number of urea groups is 1. The summed E-state index contributed by atoms with van der Waals surface area (Å²) in [7, 11) is 0. The number of carbonyl (C=O) groups is 1. The number of nitrogens with one attached hydrogen (secondary N) is 2. The van der Waals surface area contributed by atoms with Crippen LogP contribution in [0, 0.1) is 0 Å². The zero-order valence-electron chi connectivity index (χ0n) is 11.8. The highest BCUT2D eigenvalue weighted by atomic mass is 16.5. The van der Waals surface area contributed by atoms with Crippen LogP contribution in [0.3, 0.4) is 0 Å². The minimum Gasteiger partial charge on any atom is -0.478 e. The van der Waals surface area contributed by atoms with Gasteiger partial charge in [-0.2, -0.15) is 0 Å². The monoisotopic (exact) mass is 286 g/mol. The van der Waals surface area contributed by atoms with Gasteiger partial charge in [-0.25, -0.2) is 9.78 Å². The molecule has 0 radical (unpaired) electrons. The van der Waals surface area contributed by atoms with Crippen LogP contribution in [0.2, 0.25) is 0 Å². The summed E-state index contributed by atoms with van der Waals surface area (Å²) in [6, 6.07) is 10.5. The molecule has 0 aliphatic heterocycles. The highest BCUT2D eigenvalue weighted by Crippen LogP contribution is 2.13. The summed E-state index contributed by atoms with van der Waals surface area (Å²) >= 11 is 0. The minimum atomic E-state index is -0.338. The molecule has 0 bridgehead atoms. The number of amides is 2. The van der Waals surface area contributed by atoms with E-state index in [2.05, 4.69) is 15.6 Å². The maximum absolute atomic E-state index is 11.9. The fraction of sp³-hybridized carbons (Fsp3) is 0.200. The van der Waals surface area contributed by atoms with Gasteiger partial charge < -0.3 is 21.1 Å². The summed E-state index contributed by atoms with van der Waals surface area (Å²) < 4.78 is 5.24. The second-order valence-electron chi connectivity index (χ2n) is 4.30. The lowest BCUT2D eigenvalue weighted by atomic mass is 10.2. The second kappa shape index (κ2) is 7.25. The van der Waals surface area contributed by atoms with E-state index in [9.17, 15) is 4.79 Å². The molecule has 0 aliphatic carbocycles. The van der Waals surface area contributed by atoms with Crippen molar-refractivity contribution in [1.29, 1.82) is 0 Å². The van der Waals surface area contributed by atoms with E-state index in [0.29, 0.717) is 30.4 Å². The van der Waals surface area contributed by atoms with Crippen LogP contribution in [0.4, 0.5) is 16.2 Å². The number of pyridine rings is 1. The molecule has 4 N–H and O–H groups in total. The van der Waals surface area contributed by atoms with E-state index in [0.717, 1.165) is 5.56 Å². The van der Waals surface area contributed by atoms with Crippen LogP contribution < -0.4 is 21.1 Å². The number of carbonyl (C=O) groups excluding carboxylic acids is 1. The number of anilines is 2. The Morgan fingerprint density at radius 2 is 2.05 bits per heavy atom. The molecule has 21 heavy (non-hydrogen) atoms. The average molecular weight is 286 g/mol. The zero-order valence-corrected chi connectivity index (χ0v) is 11.8. The predicted molar refractivity (Wildman–Crippen MR) is 82.4 cm³/mol. The Bertz CT molecular complexity index is 599. The Hall–Kier alpha value is -2.60. The predicted octanol–water partition coefficient (Wildman–Crippen LogP) is 2.58. The van der Waals surface area contributed by atoms with Crippen LogP contribution in [0.25, 0.3) is 0 Å². The van der Waals surface area contributed by atoms with Gasteiger partial charge in [-0.3, -0.25) is 0 Å². The molecule has 2 rings (SSSR count). The Morgan fingerprint density at radius 3 is 2.71 bits per heavy atom.